The highest BCUT2D eigenvalue weighted by molar-refractivity contribution is 5.91. The van der Waals surface area contributed by atoms with Gasteiger partial charge in [-0.3, -0.25) is 4.79 Å². The Hall–Kier alpha value is -4.45. The van der Waals surface area contributed by atoms with E-state index in [1.54, 1.807) is 43.3 Å². The number of ether oxygens (including phenoxy) is 2. The number of hydrogen-bond donors (Lipinski definition) is 1. The van der Waals surface area contributed by atoms with Gasteiger partial charge in [0.05, 0.1) is 11.8 Å². The van der Waals surface area contributed by atoms with E-state index in [-0.39, 0.29) is 5.91 Å². The monoisotopic (exact) mass is 452 g/mol. The van der Waals surface area contributed by atoms with Crippen molar-refractivity contribution in [1.29, 1.82) is 0 Å². The van der Waals surface area contributed by atoms with Crippen LogP contribution in [0.2, 0.25) is 0 Å². The molecular weight excluding hydrogens is 428 g/mol. The van der Waals surface area contributed by atoms with Gasteiger partial charge < -0.3 is 9.47 Å². The number of carbonyl (C=O) groups excluding carboxylic acids is 2. The Labute approximate surface area is 197 Å². The molecule has 0 saturated carbocycles. The van der Waals surface area contributed by atoms with E-state index in [1.807, 2.05) is 61.5 Å². The minimum Gasteiger partial charge on any atom is -0.480 e. The summed E-state index contributed by atoms with van der Waals surface area (Å²) < 4.78 is 11.2. The summed E-state index contributed by atoms with van der Waals surface area (Å²) in [6.45, 7) is 3.63. The van der Waals surface area contributed by atoms with Crippen molar-refractivity contribution in [2.45, 2.75) is 20.0 Å². The van der Waals surface area contributed by atoms with E-state index in [1.165, 1.54) is 6.21 Å². The largest absolute Gasteiger partial charge is 0.480 e. The zero-order valence-electron chi connectivity index (χ0n) is 18.9. The molecule has 0 aliphatic heterocycles. The highest BCUT2D eigenvalue weighted by Gasteiger charge is 2.15. The Morgan fingerprint density at radius 2 is 1.59 bits per heavy atom. The molecule has 6 heteroatoms. The third-order valence-electron chi connectivity index (χ3n) is 5.19. The molecule has 0 radical (unpaired) electrons. The molecular formula is C28H24N2O4. The molecule has 4 aromatic rings. The van der Waals surface area contributed by atoms with Crippen LogP contribution in [0, 0.1) is 6.92 Å². The van der Waals surface area contributed by atoms with E-state index < -0.39 is 12.1 Å². The number of rotatable bonds is 7. The second-order valence-corrected chi connectivity index (χ2v) is 7.80. The van der Waals surface area contributed by atoms with Gasteiger partial charge in [-0.05, 0) is 67.3 Å². The maximum absolute atomic E-state index is 12.4. The summed E-state index contributed by atoms with van der Waals surface area (Å²) in [5.41, 5.74) is 4.78. The summed E-state index contributed by atoms with van der Waals surface area (Å²) in [5.74, 6) is 0.270. The molecule has 34 heavy (non-hydrogen) atoms. The van der Waals surface area contributed by atoms with Gasteiger partial charge in [0.2, 0.25) is 0 Å². The van der Waals surface area contributed by atoms with Gasteiger partial charge in [0.15, 0.2) is 6.10 Å². The first-order valence-electron chi connectivity index (χ1n) is 10.9. The molecule has 170 valence electrons. The minimum absolute atomic E-state index is 0.368. The lowest BCUT2D eigenvalue weighted by Gasteiger charge is -2.14. The number of carbonyl (C=O) groups is 2. The van der Waals surface area contributed by atoms with E-state index in [4.69, 9.17) is 9.47 Å². The number of hydrogen-bond acceptors (Lipinski definition) is 5. The number of fused-ring (bicyclic) bond motifs is 1. The van der Waals surface area contributed by atoms with Crippen molar-refractivity contribution < 1.29 is 19.1 Å². The number of amides is 1. The van der Waals surface area contributed by atoms with Gasteiger partial charge in [-0.25, -0.2) is 10.2 Å². The van der Waals surface area contributed by atoms with Crippen molar-refractivity contribution in [2.24, 2.45) is 5.10 Å². The van der Waals surface area contributed by atoms with Crippen LogP contribution in [0.25, 0.3) is 10.8 Å². The zero-order chi connectivity index (χ0) is 23.9. The lowest BCUT2D eigenvalue weighted by Crippen LogP contribution is -2.33. The lowest BCUT2D eigenvalue weighted by atomic mass is 10.1. The Bertz CT molecular complexity index is 1320. The molecule has 4 rings (SSSR count). The lowest BCUT2D eigenvalue weighted by molar-refractivity contribution is -0.127. The van der Waals surface area contributed by atoms with Crippen molar-refractivity contribution in [1.82, 2.24) is 5.43 Å². The Morgan fingerprint density at radius 3 is 2.35 bits per heavy atom. The van der Waals surface area contributed by atoms with Crippen molar-refractivity contribution in [3.05, 3.63) is 108 Å². The summed E-state index contributed by atoms with van der Waals surface area (Å²) in [6.07, 6.45) is 0.778. The van der Waals surface area contributed by atoms with Crippen LogP contribution >= 0.6 is 0 Å². The molecule has 0 fully saturated rings. The van der Waals surface area contributed by atoms with Gasteiger partial charge in [0, 0.05) is 5.39 Å². The highest BCUT2D eigenvalue weighted by Crippen LogP contribution is 2.26. The van der Waals surface area contributed by atoms with Gasteiger partial charge in [-0.1, -0.05) is 54.1 Å². The van der Waals surface area contributed by atoms with E-state index in [0.29, 0.717) is 17.1 Å². The summed E-state index contributed by atoms with van der Waals surface area (Å²) in [4.78, 5) is 24.6. The van der Waals surface area contributed by atoms with E-state index in [0.717, 1.165) is 21.9 Å². The number of esters is 1. The third-order valence-corrected chi connectivity index (χ3v) is 5.19. The summed E-state index contributed by atoms with van der Waals surface area (Å²) >= 11 is 0. The molecule has 0 saturated heterocycles. The Balaban J connectivity index is 1.30. The molecule has 0 aliphatic rings. The van der Waals surface area contributed by atoms with Crippen LogP contribution < -0.4 is 14.9 Å². The molecule has 1 N–H and O–H groups in total. The third kappa shape index (κ3) is 5.66. The Morgan fingerprint density at radius 1 is 0.882 bits per heavy atom. The van der Waals surface area contributed by atoms with Crippen LogP contribution in [0.3, 0.4) is 0 Å². The van der Waals surface area contributed by atoms with Crippen molar-refractivity contribution in [2.75, 3.05) is 0 Å². The number of hydrazone groups is 1. The molecule has 0 unspecified atom stereocenters. The van der Waals surface area contributed by atoms with Gasteiger partial charge in [0.25, 0.3) is 5.91 Å². The number of aryl methyl sites for hydroxylation is 1. The van der Waals surface area contributed by atoms with Crippen LogP contribution in [0.4, 0.5) is 0 Å². The van der Waals surface area contributed by atoms with Crippen LogP contribution in [0.15, 0.2) is 96.1 Å². The van der Waals surface area contributed by atoms with Crippen molar-refractivity contribution in [3.63, 3.8) is 0 Å². The molecule has 0 heterocycles. The van der Waals surface area contributed by atoms with Crippen LogP contribution in [-0.2, 0) is 4.79 Å². The van der Waals surface area contributed by atoms with E-state index >= 15 is 0 Å². The SMILES string of the molecule is Cc1ccc(C(=O)Oc2ccc(/C=N\NC(=O)[C@@H](C)Oc3cccc4ccccc34)cc2)cc1. The highest BCUT2D eigenvalue weighted by atomic mass is 16.5. The zero-order valence-corrected chi connectivity index (χ0v) is 18.9. The molecule has 1 atom stereocenters. The topological polar surface area (TPSA) is 77.0 Å². The smallest absolute Gasteiger partial charge is 0.343 e. The van der Waals surface area contributed by atoms with E-state index in [9.17, 15) is 9.59 Å². The summed E-state index contributed by atoms with van der Waals surface area (Å²) in [7, 11) is 0. The molecule has 1 amide bonds. The van der Waals surface area contributed by atoms with Crippen molar-refractivity contribution >= 4 is 28.9 Å². The molecule has 4 aromatic carbocycles. The fraction of sp³-hybridized carbons (Fsp3) is 0.107. The second kappa shape index (κ2) is 10.4. The van der Waals surface area contributed by atoms with Gasteiger partial charge in [0.1, 0.15) is 11.5 Å². The van der Waals surface area contributed by atoms with Crippen LogP contribution in [0.1, 0.15) is 28.4 Å². The predicted molar refractivity (Wildman–Crippen MR) is 132 cm³/mol. The molecule has 0 spiro atoms. The number of nitrogens with zero attached hydrogens (tertiary/aromatic N) is 1. The molecule has 0 bridgehead atoms. The maximum atomic E-state index is 12.4. The van der Waals surface area contributed by atoms with Gasteiger partial charge >= 0.3 is 5.97 Å². The minimum atomic E-state index is -0.730. The second-order valence-electron chi connectivity index (χ2n) is 7.80. The number of nitrogens with one attached hydrogen (secondary N) is 1. The fourth-order valence-corrected chi connectivity index (χ4v) is 3.28. The quantitative estimate of drug-likeness (QED) is 0.179. The fourth-order valence-electron chi connectivity index (χ4n) is 3.28. The van der Waals surface area contributed by atoms with Gasteiger partial charge in [-0.15, -0.1) is 0 Å². The van der Waals surface area contributed by atoms with Crippen molar-refractivity contribution in [3.8, 4) is 11.5 Å². The van der Waals surface area contributed by atoms with Crippen LogP contribution in [-0.4, -0.2) is 24.2 Å². The first-order valence-corrected chi connectivity index (χ1v) is 10.9. The maximum Gasteiger partial charge on any atom is 0.343 e. The molecule has 0 aromatic heterocycles. The van der Waals surface area contributed by atoms with Crippen LogP contribution in [0.5, 0.6) is 11.5 Å². The summed E-state index contributed by atoms with van der Waals surface area (Å²) in [6, 6.07) is 27.5. The standard InChI is InChI=1S/C28H24N2O4/c1-19-10-14-23(15-11-19)28(32)34-24-16-12-21(13-17-24)18-29-30-27(31)20(2)33-26-9-5-7-22-6-3-4-8-25(22)26/h3-18,20H,1-2H3,(H,30,31)/b29-18-/t20-/m1/s1. The van der Waals surface area contributed by atoms with E-state index in [2.05, 4.69) is 10.5 Å². The molecule has 6 nitrogen and oxygen atoms in total. The first-order chi connectivity index (χ1) is 16.5. The number of benzene rings is 4. The van der Waals surface area contributed by atoms with Gasteiger partial charge in [-0.2, -0.15) is 5.10 Å². The summed E-state index contributed by atoms with van der Waals surface area (Å²) in [5, 5.41) is 5.98. The predicted octanol–water partition coefficient (Wildman–Crippen LogP) is 5.29. The average Bonchev–Trinajstić information content (AvgIpc) is 2.85. The molecule has 0 aliphatic carbocycles. The first kappa shape index (κ1) is 22.7. The normalized spacial score (nSPS) is 11.8. The average molecular weight is 453 g/mol. The Kier molecular flexibility index (Phi) is 6.98.